The molecule has 178 valence electrons. The Bertz CT molecular complexity index is 1170. The molecule has 8 heteroatoms. The van der Waals surface area contributed by atoms with Gasteiger partial charge in [0, 0.05) is 17.7 Å². The lowest BCUT2D eigenvalue weighted by Crippen LogP contribution is -2.21. The van der Waals surface area contributed by atoms with E-state index in [0.29, 0.717) is 40.1 Å². The first-order valence-corrected chi connectivity index (χ1v) is 11.5. The van der Waals surface area contributed by atoms with Gasteiger partial charge in [-0.05, 0) is 51.7 Å². The monoisotopic (exact) mass is 526 g/mol. The predicted molar refractivity (Wildman–Crippen MR) is 136 cm³/mol. The smallest absolute Gasteiger partial charge is 0.262 e. The van der Waals surface area contributed by atoms with E-state index in [2.05, 4.69) is 40.4 Å². The first-order valence-electron chi connectivity index (χ1n) is 10.7. The van der Waals surface area contributed by atoms with Gasteiger partial charge < -0.3 is 24.8 Å². The predicted octanol–water partition coefficient (Wildman–Crippen LogP) is 5.86. The van der Waals surface area contributed by atoms with Gasteiger partial charge >= 0.3 is 0 Å². The third kappa shape index (κ3) is 6.29. The number of carbonyl (C=O) groups excluding carboxylic acids is 2. The second-order valence-electron chi connectivity index (χ2n) is 7.75. The number of ether oxygens (including phenoxy) is 3. The topological polar surface area (TPSA) is 85.9 Å². The van der Waals surface area contributed by atoms with Crippen LogP contribution in [0.5, 0.6) is 17.2 Å². The van der Waals surface area contributed by atoms with E-state index < -0.39 is 0 Å². The van der Waals surface area contributed by atoms with Crippen molar-refractivity contribution in [3.05, 3.63) is 76.3 Å². The summed E-state index contributed by atoms with van der Waals surface area (Å²) in [6.45, 7) is 4.02. The molecule has 0 aliphatic carbocycles. The van der Waals surface area contributed by atoms with Gasteiger partial charge in [-0.1, -0.05) is 38.1 Å². The fourth-order valence-electron chi connectivity index (χ4n) is 3.20. The van der Waals surface area contributed by atoms with E-state index in [1.165, 1.54) is 19.8 Å². The van der Waals surface area contributed by atoms with Crippen molar-refractivity contribution in [1.29, 1.82) is 0 Å². The Balaban J connectivity index is 1.71. The van der Waals surface area contributed by atoms with Gasteiger partial charge in [0.05, 0.1) is 30.1 Å². The molecule has 0 bridgehead atoms. The van der Waals surface area contributed by atoms with Crippen molar-refractivity contribution < 1.29 is 23.8 Å². The van der Waals surface area contributed by atoms with Crippen LogP contribution in [-0.2, 0) is 4.79 Å². The van der Waals surface area contributed by atoms with Crippen LogP contribution in [0.2, 0.25) is 0 Å². The number of carbonyl (C=O) groups is 2. The van der Waals surface area contributed by atoms with Gasteiger partial charge in [0.15, 0.2) is 6.61 Å². The highest BCUT2D eigenvalue weighted by Crippen LogP contribution is 2.37. The van der Waals surface area contributed by atoms with Crippen LogP contribution in [0.15, 0.2) is 65.1 Å². The van der Waals surface area contributed by atoms with Gasteiger partial charge in [-0.15, -0.1) is 0 Å². The van der Waals surface area contributed by atoms with Crippen molar-refractivity contribution in [2.75, 3.05) is 31.5 Å². The van der Waals surface area contributed by atoms with Gasteiger partial charge in [-0.3, -0.25) is 9.59 Å². The minimum atomic E-state index is -0.374. The molecule has 0 saturated carbocycles. The molecular formula is C26H27BrN2O5. The lowest BCUT2D eigenvalue weighted by molar-refractivity contribution is -0.118. The molecule has 0 aromatic heterocycles. The molecule has 3 rings (SSSR count). The summed E-state index contributed by atoms with van der Waals surface area (Å²) in [5.74, 6) is 1.02. The second kappa shape index (κ2) is 11.6. The molecule has 7 nitrogen and oxygen atoms in total. The summed E-state index contributed by atoms with van der Waals surface area (Å²) in [7, 11) is 2.96. The molecule has 0 unspecified atom stereocenters. The average molecular weight is 527 g/mol. The Morgan fingerprint density at radius 2 is 1.47 bits per heavy atom. The number of benzene rings is 3. The van der Waals surface area contributed by atoms with E-state index in [4.69, 9.17) is 14.2 Å². The molecule has 3 aromatic rings. The maximum atomic E-state index is 12.6. The number of rotatable bonds is 9. The summed E-state index contributed by atoms with van der Waals surface area (Å²) in [6.07, 6.45) is 0. The molecule has 0 atom stereocenters. The van der Waals surface area contributed by atoms with E-state index in [0.717, 1.165) is 4.47 Å². The summed E-state index contributed by atoms with van der Waals surface area (Å²) in [6, 6.07) is 17.8. The molecule has 0 radical (unpaired) electrons. The molecule has 34 heavy (non-hydrogen) atoms. The van der Waals surface area contributed by atoms with Gasteiger partial charge in [0.1, 0.15) is 17.2 Å². The zero-order valence-corrected chi connectivity index (χ0v) is 21.1. The van der Waals surface area contributed by atoms with Crippen molar-refractivity contribution in [2.45, 2.75) is 19.8 Å². The van der Waals surface area contributed by atoms with E-state index in [-0.39, 0.29) is 18.4 Å². The molecule has 0 heterocycles. The highest BCUT2D eigenvalue weighted by Gasteiger charge is 2.17. The van der Waals surface area contributed by atoms with Crippen LogP contribution in [0.3, 0.4) is 0 Å². The van der Waals surface area contributed by atoms with Crippen molar-refractivity contribution in [3.8, 4) is 17.2 Å². The second-order valence-corrected chi connectivity index (χ2v) is 8.61. The lowest BCUT2D eigenvalue weighted by atomic mass is 10.0. The van der Waals surface area contributed by atoms with Crippen LogP contribution in [0.1, 0.15) is 35.7 Å². The Morgan fingerprint density at radius 1 is 0.853 bits per heavy atom. The highest BCUT2D eigenvalue weighted by molar-refractivity contribution is 9.10. The lowest BCUT2D eigenvalue weighted by Gasteiger charge is -2.16. The number of amides is 2. The van der Waals surface area contributed by atoms with Crippen molar-refractivity contribution in [1.82, 2.24) is 0 Å². The average Bonchev–Trinajstić information content (AvgIpc) is 2.84. The van der Waals surface area contributed by atoms with Crippen molar-refractivity contribution in [2.24, 2.45) is 0 Å². The summed E-state index contributed by atoms with van der Waals surface area (Å²) in [5.41, 5.74) is 2.47. The van der Waals surface area contributed by atoms with Gasteiger partial charge in [-0.25, -0.2) is 0 Å². The van der Waals surface area contributed by atoms with E-state index in [9.17, 15) is 9.59 Å². The highest BCUT2D eigenvalue weighted by atomic mass is 79.9. The third-order valence-corrected chi connectivity index (χ3v) is 5.68. The molecular weight excluding hydrogens is 500 g/mol. The minimum absolute atomic E-state index is 0.197. The Kier molecular flexibility index (Phi) is 8.54. The molecule has 2 N–H and O–H groups in total. The Hall–Kier alpha value is -3.52. The standard InChI is InChI=1S/C26H27BrN2O5/c1-16(2)18-10-11-22(19(27)12-18)34-15-25(30)28-20-13-24(33-4)21(14-23(20)32-3)29-26(31)17-8-6-5-7-9-17/h5-14,16H,15H2,1-4H3,(H,28,30)(H,29,31). The maximum absolute atomic E-state index is 12.6. The van der Waals surface area contributed by atoms with Crippen molar-refractivity contribution >= 4 is 39.1 Å². The molecule has 0 saturated heterocycles. The summed E-state index contributed by atoms with van der Waals surface area (Å²) in [4.78, 5) is 25.1. The van der Waals surface area contributed by atoms with Gasteiger partial charge in [0.25, 0.3) is 11.8 Å². The minimum Gasteiger partial charge on any atom is -0.494 e. The van der Waals surface area contributed by atoms with Crippen LogP contribution in [0.25, 0.3) is 0 Å². The fourth-order valence-corrected chi connectivity index (χ4v) is 3.71. The Labute approximate surface area is 207 Å². The number of hydrogen-bond acceptors (Lipinski definition) is 5. The van der Waals surface area contributed by atoms with Crippen LogP contribution in [0.4, 0.5) is 11.4 Å². The Morgan fingerprint density at radius 3 is 2.03 bits per heavy atom. The molecule has 3 aromatic carbocycles. The normalized spacial score (nSPS) is 10.5. The van der Waals surface area contributed by atoms with Crippen LogP contribution in [-0.4, -0.2) is 32.6 Å². The molecule has 0 fully saturated rings. The molecule has 2 amide bonds. The fraction of sp³-hybridized carbons (Fsp3) is 0.231. The molecule has 0 aliphatic rings. The largest absolute Gasteiger partial charge is 0.494 e. The summed E-state index contributed by atoms with van der Waals surface area (Å²) in [5, 5.41) is 5.58. The van der Waals surface area contributed by atoms with Crippen LogP contribution in [0, 0.1) is 0 Å². The number of halogens is 1. The SMILES string of the molecule is COc1cc(NC(=O)c2ccccc2)c(OC)cc1NC(=O)COc1ccc(C(C)C)cc1Br. The van der Waals surface area contributed by atoms with Crippen molar-refractivity contribution in [3.63, 3.8) is 0 Å². The number of hydrogen-bond donors (Lipinski definition) is 2. The third-order valence-electron chi connectivity index (χ3n) is 5.06. The number of nitrogens with one attached hydrogen (secondary N) is 2. The van der Waals surface area contributed by atoms with Crippen LogP contribution >= 0.6 is 15.9 Å². The summed E-state index contributed by atoms with van der Waals surface area (Å²) >= 11 is 3.49. The van der Waals surface area contributed by atoms with Gasteiger partial charge in [-0.2, -0.15) is 0 Å². The first kappa shape index (κ1) is 25.1. The van der Waals surface area contributed by atoms with E-state index >= 15 is 0 Å². The number of methoxy groups -OCH3 is 2. The first-order chi connectivity index (χ1) is 16.3. The maximum Gasteiger partial charge on any atom is 0.262 e. The zero-order chi connectivity index (χ0) is 24.7. The van der Waals surface area contributed by atoms with Gasteiger partial charge in [0.2, 0.25) is 0 Å². The summed E-state index contributed by atoms with van der Waals surface area (Å²) < 4.78 is 17.3. The number of anilines is 2. The van der Waals surface area contributed by atoms with E-state index in [1.807, 2.05) is 24.3 Å². The quantitative estimate of drug-likeness (QED) is 0.364. The van der Waals surface area contributed by atoms with E-state index in [1.54, 1.807) is 36.4 Å². The van der Waals surface area contributed by atoms with Crippen LogP contribution < -0.4 is 24.8 Å². The zero-order valence-electron chi connectivity index (χ0n) is 19.5. The molecule has 0 aliphatic heterocycles. The molecule has 0 spiro atoms.